The van der Waals surface area contributed by atoms with Gasteiger partial charge in [0.25, 0.3) is 0 Å². The maximum absolute atomic E-state index is 2.99. The SMILES string of the molecule is C[NH+]=C\C=C/C=C/C=C/c1ccc(N(CCCCSSCCCCN(Cc2ccccc2)c2ccc(/C=C/c3cccc[n+]3C)cc2)Cc2ccccc2)cc1. The summed E-state index contributed by atoms with van der Waals surface area (Å²) in [6.07, 6.45) is 25.5. The Morgan fingerprint density at radius 2 is 1.02 bits per heavy atom. The number of allylic oxidation sites excluding steroid dienone is 5. The molecule has 0 saturated carbocycles. The minimum atomic E-state index is 0.923. The molecule has 288 valence electrons. The lowest BCUT2D eigenvalue weighted by Crippen LogP contribution is -2.62. The van der Waals surface area contributed by atoms with E-state index >= 15 is 0 Å². The van der Waals surface area contributed by atoms with E-state index in [1.54, 1.807) is 0 Å². The molecular weight excluding hydrogens is 721 g/mol. The number of aryl methyl sites for hydroxylation is 1. The van der Waals surface area contributed by atoms with Gasteiger partial charge in [0.15, 0.2) is 12.4 Å². The van der Waals surface area contributed by atoms with Crippen LogP contribution in [0.5, 0.6) is 0 Å². The highest BCUT2D eigenvalue weighted by Gasteiger charge is 2.10. The van der Waals surface area contributed by atoms with Crippen LogP contribution < -0.4 is 19.4 Å². The molecule has 0 saturated heterocycles. The van der Waals surface area contributed by atoms with Crippen molar-refractivity contribution in [3.8, 4) is 0 Å². The third kappa shape index (κ3) is 15.6. The molecule has 1 aromatic heterocycles. The van der Waals surface area contributed by atoms with Gasteiger partial charge in [-0.3, -0.25) is 4.99 Å². The van der Waals surface area contributed by atoms with E-state index in [4.69, 9.17) is 0 Å². The first-order chi connectivity index (χ1) is 27.7. The summed E-state index contributed by atoms with van der Waals surface area (Å²) in [5.41, 5.74) is 8.86. The Morgan fingerprint density at radius 1 is 0.518 bits per heavy atom. The average molecular weight is 779 g/mol. The third-order valence-electron chi connectivity index (χ3n) is 9.38. The van der Waals surface area contributed by atoms with Crippen molar-refractivity contribution in [2.45, 2.75) is 38.8 Å². The first-order valence-electron chi connectivity index (χ1n) is 19.8. The van der Waals surface area contributed by atoms with E-state index in [1.165, 1.54) is 76.5 Å². The van der Waals surface area contributed by atoms with E-state index in [2.05, 4.69) is 190 Å². The van der Waals surface area contributed by atoms with Crippen molar-refractivity contribution in [1.29, 1.82) is 0 Å². The van der Waals surface area contributed by atoms with Gasteiger partial charge in [-0.05, 0) is 84.3 Å². The monoisotopic (exact) mass is 778 g/mol. The zero-order chi connectivity index (χ0) is 38.9. The molecule has 5 aromatic rings. The van der Waals surface area contributed by atoms with Gasteiger partial charge in [-0.1, -0.05) is 137 Å². The summed E-state index contributed by atoms with van der Waals surface area (Å²) in [7, 11) is 8.06. The number of benzene rings is 4. The number of anilines is 2. The van der Waals surface area contributed by atoms with E-state index in [0.717, 1.165) is 26.2 Å². The van der Waals surface area contributed by atoms with Crippen LogP contribution in [0.15, 0.2) is 164 Å². The van der Waals surface area contributed by atoms with Crippen LogP contribution in [0.2, 0.25) is 0 Å². The number of nitrogens with zero attached hydrogens (tertiary/aromatic N) is 3. The van der Waals surface area contributed by atoms with Gasteiger partial charge in [-0.2, -0.15) is 0 Å². The molecule has 0 radical (unpaired) electrons. The Morgan fingerprint density at radius 3 is 1.55 bits per heavy atom. The largest absolute Gasteiger partial charge is 0.367 e. The Labute approximate surface area is 344 Å². The van der Waals surface area contributed by atoms with Crippen LogP contribution in [0.1, 0.15) is 53.6 Å². The van der Waals surface area contributed by atoms with E-state index < -0.39 is 0 Å². The fraction of sp³-hybridized carbons (Fsp3) is 0.240. The molecule has 4 aromatic carbocycles. The van der Waals surface area contributed by atoms with Gasteiger partial charge in [0.05, 0.1) is 0 Å². The maximum atomic E-state index is 2.99. The summed E-state index contributed by atoms with van der Waals surface area (Å²) in [6.45, 7) is 3.95. The Balaban J connectivity index is 1.04. The predicted octanol–water partition coefficient (Wildman–Crippen LogP) is 10.2. The number of rotatable bonds is 23. The van der Waals surface area contributed by atoms with Crippen molar-refractivity contribution in [3.63, 3.8) is 0 Å². The maximum Gasteiger partial charge on any atom is 0.204 e. The van der Waals surface area contributed by atoms with Gasteiger partial charge >= 0.3 is 0 Å². The molecule has 0 aliphatic rings. The molecule has 0 aliphatic heterocycles. The van der Waals surface area contributed by atoms with Gasteiger partial charge in [-0.25, -0.2) is 4.57 Å². The highest BCUT2D eigenvalue weighted by atomic mass is 33.1. The first-order valence-corrected chi connectivity index (χ1v) is 22.3. The van der Waals surface area contributed by atoms with Gasteiger partial charge < -0.3 is 9.80 Å². The number of pyridine rings is 1. The molecule has 4 nitrogen and oxygen atoms in total. The van der Waals surface area contributed by atoms with Crippen molar-refractivity contribution < 1.29 is 9.56 Å². The summed E-state index contributed by atoms with van der Waals surface area (Å²) in [6, 6.07) is 45.9. The van der Waals surface area contributed by atoms with E-state index in [1.807, 2.05) is 53.1 Å². The number of aromatic nitrogens is 1. The third-order valence-corrected chi connectivity index (χ3v) is 12.0. The number of unbranched alkanes of at least 4 members (excludes halogenated alkanes) is 2. The smallest absolute Gasteiger partial charge is 0.204 e. The second-order valence-corrected chi connectivity index (χ2v) is 16.4. The lowest BCUT2D eigenvalue weighted by atomic mass is 10.1. The Bertz CT molecular complexity index is 1970. The molecule has 5 rings (SSSR count). The van der Waals surface area contributed by atoms with Crippen molar-refractivity contribution in [2.24, 2.45) is 7.05 Å². The second kappa shape index (κ2) is 25.2. The van der Waals surface area contributed by atoms with E-state index in [0.29, 0.717) is 0 Å². The van der Waals surface area contributed by atoms with Crippen LogP contribution in [-0.2, 0) is 20.1 Å². The molecule has 0 fully saturated rings. The van der Waals surface area contributed by atoms with Crippen molar-refractivity contribution in [2.75, 3.05) is 41.4 Å². The second-order valence-electron chi connectivity index (χ2n) is 13.7. The van der Waals surface area contributed by atoms with Crippen LogP contribution in [0.25, 0.3) is 18.2 Å². The van der Waals surface area contributed by atoms with Crippen LogP contribution >= 0.6 is 21.6 Å². The van der Waals surface area contributed by atoms with Crippen LogP contribution in [0.4, 0.5) is 11.4 Å². The number of hydrogen-bond donors (Lipinski definition) is 1. The molecule has 6 heteroatoms. The summed E-state index contributed by atoms with van der Waals surface area (Å²) < 4.78 is 2.14. The van der Waals surface area contributed by atoms with E-state index in [9.17, 15) is 0 Å². The summed E-state index contributed by atoms with van der Waals surface area (Å²) in [5.74, 6) is 2.37. The van der Waals surface area contributed by atoms with Crippen molar-refractivity contribution in [3.05, 3.63) is 192 Å². The zero-order valence-corrected chi connectivity index (χ0v) is 34.8. The summed E-state index contributed by atoms with van der Waals surface area (Å²) in [4.78, 5) is 8.05. The topological polar surface area (TPSA) is 24.3 Å². The fourth-order valence-electron chi connectivity index (χ4n) is 6.25. The summed E-state index contributed by atoms with van der Waals surface area (Å²) in [5, 5.41) is 0. The lowest BCUT2D eigenvalue weighted by molar-refractivity contribution is -0.673. The quantitative estimate of drug-likeness (QED) is 0.0235. The zero-order valence-electron chi connectivity index (χ0n) is 33.1. The number of nitrogens with one attached hydrogen (secondary N) is 1. The Hall–Kier alpha value is -5.04. The van der Waals surface area contributed by atoms with Crippen molar-refractivity contribution >= 4 is 57.4 Å². The van der Waals surface area contributed by atoms with Gasteiger partial charge in [-0.15, -0.1) is 0 Å². The van der Waals surface area contributed by atoms with Crippen LogP contribution in [0.3, 0.4) is 0 Å². The van der Waals surface area contributed by atoms with Gasteiger partial charge in [0.1, 0.15) is 14.1 Å². The minimum absolute atomic E-state index is 0.923. The molecule has 0 bridgehead atoms. The molecule has 1 N–H and O–H groups in total. The molecule has 1 heterocycles. The predicted molar refractivity (Wildman–Crippen MR) is 248 cm³/mol. The molecule has 0 atom stereocenters. The van der Waals surface area contributed by atoms with E-state index in [-0.39, 0.29) is 0 Å². The molecular formula is C50H58N4S2+2. The highest BCUT2D eigenvalue weighted by Crippen LogP contribution is 2.26. The molecule has 56 heavy (non-hydrogen) atoms. The first kappa shape index (κ1) is 42.1. The lowest BCUT2D eigenvalue weighted by Gasteiger charge is -2.25. The van der Waals surface area contributed by atoms with Gasteiger partial charge in [0, 0.05) is 73.3 Å². The van der Waals surface area contributed by atoms with Crippen LogP contribution in [0, 0.1) is 0 Å². The molecule has 0 spiro atoms. The minimum Gasteiger partial charge on any atom is -0.367 e. The highest BCUT2D eigenvalue weighted by molar-refractivity contribution is 8.76. The number of hydrogen-bond acceptors (Lipinski definition) is 4. The fourth-order valence-corrected chi connectivity index (χ4v) is 8.54. The van der Waals surface area contributed by atoms with Gasteiger partial charge in [0.2, 0.25) is 5.69 Å². The standard InChI is InChI=1S/C50H57N4S2/c1-51-36-14-5-3-4-8-20-44-27-32-49(33-28-44)53(42-46-21-9-6-10-22-46)38-16-18-40-55-56-41-19-17-39-54(43-47-23-11-7-12-24-47)50-34-29-45(30-35-50)26-31-48-25-13-15-37-52(48)2/h3-15,20-37H,16-19,38-43H2,1-2H3/q+1/p+1/b4-3+,14-5-,20-8+,51-36?. The normalized spacial score (nSPS) is 11.9. The molecule has 0 unspecified atom stereocenters. The molecule has 0 aliphatic carbocycles. The Kier molecular flexibility index (Phi) is 18.9. The van der Waals surface area contributed by atoms with Crippen molar-refractivity contribution in [1.82, 2.24) is 0 Å². The molecule has 0 amide bonds. The average Bonchev–Trinajstić information content (AvgIpc) is 3.24. The van der Waals surface area contributed by atoms with Crippen LogP contribution in [-0.4, -0.2) is 37.9 Å². The summed E-state index contributed by atoms with van der Waals surface area (Å²) >= 11 is 0.